The van der Waals surface area contributed by atoms with E-state index in [1.165, 1.54) is 0 Å². The molecule has 1 aromatic heterocycles. The number of carbonyl (C=O) groups is 1. The van der Waals surface area contributed by atoms with Crippen LogP contribution in [0, 0.1) is 5.92 Å². The Bertz CT molecular complexity index is 721. The Kier molecular flexibility index (Phi) is 3.96. The summed E-state index contributed by atoms with van der Waals surface area (Å²) < 4.78 is 10.6. The summed E-state index contributed by atoms with van der Waals surface area (Å²) in [6.45, 7) is 0.792. The molecule has 2 aromatic rings. The third kappa shape index (κ3) is 2.66. The molecule has 126 valence electrons. The molecule has 1 aliphatic carbocycles. The number of likely N-dealkylation sites (tertiary alicyclic amines) is 1. The van der Waals surface area contributed by atoms with Crippen LogP contribution in [-0.4, -0.2) is 34.6 Å². The Morgan fingerprint density at radius 3 is 2.67 bits per heavy atom. The van der Waals surface area contributed by atoms with Gasteiger partial charge in [-0.3, -0.25) is 4.79 Å². The number of amides is 1. The van der Waals surface area contributed by atoms with E-state index in [0.29, 0.717) is 11.7 Å². The van der Waals surface area contributed by atoms with E-state index in [1.54, 1.807) is 7.11 Å². The molecule has 0 spiro atoms. The number of nitrogens with zero attached hydrogens (tertiary/aromatic N) is 3. The summed E-state index contributed by atoms with van der Waals surface area (Å²) in [5.74, 6) is 2.35. The first-order valence-electron chi connectivity index (χ1n) is 8.55. The average Bonchev–Trinajstić information content (AvgIpc) is 3.22. The first-order chi connectivity index (χ1) is 11.8. The van der Waals surface area contributed by atoms with Gasteiger partial charge in [0.1, 0.15) is 11.8 Å². The first-order valence-corrected chi connectivity index (χ1v) is 8.55. The molecule has 2 aliphatic rings. The van der Waals surface area contributed by atoms with E-state index < -0.39 is 0 Å². The van der Waals surface area contributed by atoms with Crippen LogP contribution in [0.3, 0.4) is 0 Å². The van der Waals surface area contributed by atoms with Crippen LogP contribution in [0.15, 0.2) is 28.8 Å². The highest BCUT2D eigenvalue weighted by Gasteiger charge is 2.38. The number of ether oxygens (including phenoxy) is 1. The molecule has 1 aliphatic heterocycles. The topological polar surface area (TPSA) is 68.5 Å². The highest BCUT2D eigenvalue weighted by Crippen LogP contribution is 2.37. The number of rotatable bonds is 4. The second kappa shape index (κ2) is 6.26. The number of hydrogen-bond donors (Lipinski definition) is 0. The maximum absolute atomic E-state index is 12.6. The molecule has 1 aromatic carbocycles. The van der Waals surface area contributed by atoms with E-state index in [9.17, 15) is 4.79 Å². The van der Waals surface area contributed by atoms with Gasteiger partial charge in [-0.2, -0.15) is 4.98 Å². The van der Waals surface area contributed by atoms with Crippen molar-refractivity contribution in [2.45, 2.75) is 38.1 Å². The minimum atomic E-state index is -0.0717. The third-order valence-corrected chi connectivity index (χ3v) is 5.07. The molecule has 2 fully saturated rings. The Balaban J connectivity index is 1.53. The lowest BCUT2D eigenvalue weighted by atomic mass is 9.84. The molecule has 0 N–H and O–H groups in total. The van der Waals surface area contributed by atoms with Gasteiger partial charge in [0, 0.05) is 18.0 Å². The van der Waals surface area contributed by atoms with Gasteiger partial charge in [-0.15, -0.1) is 0 Å². The quantitative estimate of drug-likeness (QED) is 0.862. The number of aromatic nitrogens is 2. The van der Waals surface area contributed by atoms with Crippen molar-refractivity contribution in [2.24, 2.45) is 5.92 Å². The van der Waals surface area contributed by atoms with Gasteiger partial charge in [0.05, 0.1) is 7.11 Å². The molecule has 6 heteroatoms. The van der Waals surface area contributed by atoms with Gasteiger partial charge in [0.2, 0.25) is 17.6 Å². The number of methoxy groups -OCH3 is 1. The van der Waals surface area contributed by atoms with Crippen molar-refractivity contribution in [1.29, 1.82) is 0 Å². The summed E-state index contributed by atoms with van der Waals surface area (Å²) in [5.41, 5.74) is 0.876. The minimum absolute atomic E-state index is 0.0717. The standard InChI is InChI=1S/C18H21N3O3/c1-23-14-9-7-12(8-10-14)16-19-17(24-20-16)15-6-3-11-21(15)18(22)13-4-2-5-13/h7-10,13,15H,2-6,11H2,1H3. The van der Waals surface area contributed by atoms with Crippen LogP contribution in [0.1, 0.15) is 44.0 Å². The van der Waals surface area contributed by atoms with Crippen molar-refractivity contribution < 1.29 is 14.1 Å². The molecular weight excluding hydrogens is 306 g/mol. The highest BCUT2D eigenvalue weighted by molar-refractivity contribution is 5.80. The Hall–Kier alpha value is -2.37. The molecule has 1 amide bonds. The Morgan fingerprint density at radius 1 is 1.21 bits per heavy atom. The first kappa shape index (κ1) is 15.2. The number of hydrogen-bond acceptors (Lipinski definition) is 5. The summed E-state index contributed by atoms with van der Waals surface area (Å²) in [6, 6.07) is 7.47. The van der Waals surface area contributed by atoms with Crippen molar-refractivity contribution in [2.75, 3.05) is 13.7 Å². The minimum Gasteiger partial charge on any atom is -0.497 e. The van der Waals surface area contributed by atoms with Gasteiger partial charge in [0.25, 0.3) is 0 Å². The van der Waals surface area contributed by atoms with E-state index in [-0.39, 0.29) is 17.9 Å². The normalized spacial score (nSPS) is 20.9. The smallest absolute Gasteiger partial charge is 0.249 e. The van der Waals surface area contributed by atoms with Crippen molar-refractivity contribution in [3.05, 3.63) is 30.2 Å². The fraction of sp³-hybridized carbons (Fsp3) is 0.500. The average molecular weight is 327 g/mol. The van der Waals surface area contributed by atoms with Crippen LogP contribution in [0.2, 0.25) is 0 Å². The molecule has 1 saturated carbocycles. The largest absolute Gasteiger partial charge is 0.497 e. The molecule has 24 heavy (non-hydrogen) atoms. The lowest BCUT2D eigenvalue weighted by Crippen LogP contribution is -2.38. The summed E-state index contributed by atoms with van der Waals surface area (Å²) >= 11 is 0. The molecule has 0 bridgehead atoms. The monoisotopic (exact) mass is 327 g/mol. The maximum Gasteiger partial charge on any atom is 0.249 e. The zero-order valence-electron chi connectivity index (χ0n) is 13.8. The van der Waals surface area contributed by atoms with E-state index in [2.05, 4.69) is 10.1 Å². The summed E-state index contributed by atoms with van der Waals surface area (Å²) in [4.78, 5) is 19.1. The lowest BCUT2D eigenvalue weighted by Gasteiger charge is -2.31. The molecule has 1 atom stereocenters. The Labute approximate surface area is 140 Å². The zero-order valence-corrected chi connectivity index (χ0v) is 13.8. The van der Waals surface area contributed by atoms with Gasteiger partial charge in [-0.25, -0.2) is 0 Å². The molecule has 6 nitrogen and oxygen atoms in total. The highest BCUT2D eigenvalue weighted by atomic mass is 16.5. The summed E-state index contributed by atoms with van der Waals surface area (Å²) in [5, 5.41) is 4.09. The molecule has 1 unspecified atom stereocenters. The molecule has 2 heterocycles. The van der Waals surface area contributed by atoms with Crippen LogP contribution < -0.4 is 4.74 Å². The molecule has 4 rings (SSSR count). The summed E-state index contributed by atoms with van der Waals surface area (Å²) in [6.07, 6.45) is 5.08. The van der Waals surface area contributed by atoms with Crippen molar-refractivity contribution in [1.82, 2.24) is 15.0 Å². The van der Waals surface area contributed by atoms with Gasteiger partial charge in [0.15, 0.2) is 0 Å². The van der Waals surface area contributed by atoms with Crippen LogP contribution in [0.25, 0.3) is 11.4 Å². The number of carbonyl (C=O) groups excluding carboxylic acids is 1. The SMILES string of the molecule is COc1ccc(-c2noc(C3CCCN3C(=O)C3CCC3)n2)cc1. The van der Waals surface area contributed by atoms with Crippen LogP contribution in [-0.2, 0) is 4.79 Å². The number of benzene rings is 1. The molecule has 0 radical (unpaired) electrons. The second-order valence-electron chi connectivity index (χ2n) is 6.50. The summed E-state index contributed by atoms with van der Waals surface area (Å²) in [7, 11) is 1.63. The van der Waals surface area contributed by atoms with Gasteiger partial charge in [-0.1, -0.05) is 11.6 Å². The predicted molar refractivity (Wildman–Crippen MR) is 87.3 cm³/mol. The van der Waals surface area contributed by atoms with Crippen molar-refractivity contribution in [3.8, 4) is 17.1 Å². The van der Waals surface area contributed by atoms with E-state index in [4.69, 9.17) is 9.26 Å². The van der Waals surface area contributed by atoms with Crippen LogP contribution in [0.4, 0.5) is 0 Å². The van der Waals surface area contributed by atoms with E-state index in [1.807, 2.05) is 29.2 Å². The Morgan fingerprint density at radius 2 is 2.00 bits per heavy atom. The van der Waals surface area contributed by atoms with Gasteiger partial charge >= 0.3 is 0 Å². The third-order valence-electron chi connectivity index (χ3n) is 5.07. The predicted octanol–water partition coefficient (Wildman–Crippen LogP) is 3.21. The van der Waals surface area contributed by atoms with E-state index >= 15 is 0 Å². The fourth-order valence-electron chi connectivity index (χ4n) is 3.40. The lowest BCUT2D eigenvalue weighted by molar-refractivity contribution is -0.139. The molecule has 1 saturated heterocycles. The second-order valence-corrected chi connectivity index (χ2v) is 6.50. The van der Waals surface area contributed by atoms with Crippen LogP contribution >= 0.6 is 0 Å². The van der Waals surface area contributed by atoms with Gasteiger partial charge < -0.3 is 14.2 Å². The van der Waals surface area contributed by atoms with E-state index in [0.717, 1.165) is 50.0 Å². The maximum atomic E-state index is 12.6. The van der Waals surface area contributed by atoms with Crippen molar-refractivity contribution >= 4 is 5.91 Å². The zero-order chi connectivity index (χ0) is 16.5. The van der Waals surface area contributed by atoms with Crippen molar-refractivity contribution in [3.63, 3.8) is 0 Å². The van der Waals surface area contributed by atoms with Gasteiger partial charge in [-0.05, 0) is 49.9 Å². The fourth-order valence-corrected chi connectivity index (χ4v) is 3.40. The molecular formula is C18H21N3O3. The van der Waals surface area contributed by atoms with Crippen LogP contribution in [0.5, 0.6) is 5.75 Å².